The molecule has 0 spiro atoms. The highest BCUT2D eigenvalue weighted by atomic mass is 16.7. The molecule has 0 radical (unpaired) electrons. The summed E-state index contributed by atoms with van der Waals surface area (Å²) in [4.78, 5) is 54.7. The van der Waals surface area contributed by atoms with E-state index in [-0.39, 0.29) is 59.9 Å². The lowest BCUT2D eigenvalue weighted by Crippen LogP contribution is -2.41. The number of hydrogen-bond acceptors (Lipinski definition) is 19. The molecule has 24 nitrogen and oxygen atoms in total. The molecule has 8 heterocycles. The van der Waals surface area contributed by atoms with Crippen molar-refractivity contribution in [3.8, 4) is 6.01 Å². The lowest BCUT2D eigenvalue weighted by molar-refractivity contribution is -0.738. The van der Waals surface area contributed by atoms with E-state index in [9.17, 15) is 30.0 Å². The van der Waals surface area contributed by atoms with Crippen molar-refractivity contribution in [2.75, 3.05) is 38.4 Å². The Balaban J connectivity index is 0.940. The first-order chi connectivity index (χ1) is 26.0. The first-order valence-electron chi connectivity index (χ1n) is 16.8. The van der Waals surface area contributed by atoms with Gasteiger partial charge in [-0.05, 0) is 12.5 Å². The molecule has 5 aromatic rings. The third-order valence-corrected chi connectivity index (χ3v) is 9.52. The Bertz CT molecular complexity index is 2280. The molecular formula is C30H37N12O12+. The zero-order valence-corrected chi connectivity index (χ0v) is 28.4. The van der Waals surface area contributed by atoms with Crippen LogP contribution in [0.3, 0.4) is 0 Å². The van der Waals surface area contributed by atoms with Crippen LogP contribution in [0.25, 0.3) is 22.3 Å². The number of aliphatic hydroxyl groups is 4. The summed E-state index contributed by atoms with van der Waals surface area (Å²) in [6.07, 6.45) is -4.25. The smallest absolute Gasteiger partial charge is 0.351 e. The van der Waals surface area contributed by atoms with Gasteiger partial charge in [-0.2, -0.15) is 15.0 Å². The molecule has 3 aliphatic heterocycles. The van der Waals surface area contributed by atoms with Gasteiger partial charge < -0.3 is 60.4 Å². The van der Waals surface area contributed by atoms with E-state index in [1.165, 1.54) is 29.5 Å². The van der Waals surface area contributed by atoms with Gasteiger partial charge in [0, 0.05) is 19.7 Å². The van der Waals surface area contributed by atoms with E-state index in [4.69, 9.17) is 40.0 Å². The highest BCUT2D eigenvalue weighted by Crippen LogP contribution is 2.33. The van der Waals surface area contributed by atoms with Crippen molar-refractivity contribution in [3.63, 3.8) is 0 Å². The van der Waals surface area contributed by atoms with Gasteiger partial charge in [0.05, 0.1) is 19.0 Å². The van der Waals surface area contributed by atoms with E-state index >= 15 is 0 Å². The Kier molecular flexibility index (Phi) is 9.34. The fourth-order valence-electron chi connectivity index (χ4n) is 6.75. The molecule has 54 heavy (non-hydrogen) atoms. The van der Waals surface area contributed by atoms with E-state index in [0.717, 1.165) is 15.7 Å². The molecule has 3 saturated heterocycles. The number of ether oxygens (including phenoxy) is 5. The Morgan fingerprint density at radius 1 is 0.907 bits per heavy atom. The van der Waals surface area contributed by atoms with Crippen molar-refractivity contribution in [3.05, 3.63) is 52.1 Å². The minimum Gasteiger partial charge on any atom is -0.460 e. The number of hydrogen-bond donors (Lipinski definition) is 7. The number of methoxy groups -OCH3 is 1. The summed E-state index contributed by atoms with van der Waals surface area (Å²) < 4.78 is 33.5. The van der Waals surface area contributed by atoms with Gasteiger partial charge in [-0.15, -0.1) is 4.73 Å². The SMILES string of the molecule is COCC1CCC([n+]2c[nH]c3c(=O)n(OCC4OC(n5cnc6c(N)nc(OCC7OC(n8ccc(N)nc8=O)C(O)C7O)nc65)C(O)C4O)cnc32)O1. The minimum atomic E-state index is -1.51. The van der Waals surface area contributed by atoms with Crippen LogP contribution in [0.5, 0.6) is 6.01 Å². The van der Waals surface area contributed by atoms with Gasteiger partial charge in [0.2, 0.25) is 11.8 Å². The Hall–Kier alpha value is -5.34. The number of aromatic nitrogens is 10. The van der Waals surface area contributed by atoms with Gasteiger partial charge in [0.1, 0.15) is 55.7 Å². The van der Waals surface area contributed by atoms with Crippen LogP contribution in [-0.2, 0) is 18.9 Å². The molecule has 10 unspecified atom stereocenters. The van der Waals surface area contributed by atoms with Crippen molar-refractivity contribution >= 4 is 34.0 Å². The van der Waals surface area contributed by atoms with Crippen molar-refractivity contribution in [1.29, 1.82) is 0 Å². The average molecular weight is 758 g/mol. The molecule has 0 aliphatic carbocycles. The number of anilines is 2. The zero-order chi connectivity index (χ0) is 37.8. The molecule has 0 saturated carbocycles. The second-order valence-electron chi connectivity index (χ2n) is 13.0. The highest BCUT2D eigenvalue weighted by molar-refractivity contribution is 5.82. The third kappa shape index (κ3) is 6.26. The molecule has 0 bridgehead atoms. The summed E-state index contributed by atoms with van der Waals surface area (Å²) >= 11 is 0. The number of nitrogens with one attached hydrogen (secondary N) is 1. The predicted octanol–water partition coefficient (Wildman–Crippen LogP) is -4.36. The summed E-state index contributed by atoms with van der Waals surface area (Å²) in [7, 11) is 1.60. The Morgan fingerprint density at radius 3 is 2.39 bits per heavy atom. The van der Waals surface area contributed by atoms with Crippen molar-refractivity contribution in [2.24, 2.45) is 0 Å². The van der Waals surface area contributed by atoms with Crippen LogP contribution < -0.4 is 36.9 Å². The normalized spacial score (nSPS) is 29.8. The van der Waals surface area contributed by atoms with Gasteiger partial charge in [0.15, 0.2) is 42.0 Å². The predicted molar refractivity (Wildman–Crippen MR) is 177 cm³/mol. The van der Waals surface area contributed by atoms with Crippen molar-refractivity contribution in [1.82, 2.24) is 43.8 Å². The summed E-state index contributed by atoms with van der Waals surface area (Å²) in [5.74, 6) is -0.127. The van der Waals surface area contributed by atoms with Crippen molar-refractivity contribution < 1.29 is 53.5 Å². The maximum Gasteiger partial charge on any atom is 0.351 e. The van der Waals surface area contributed by atoms with Crippen LogP contribution in [-0.4, -0.2) is 134 Å². The molecule has 10 atom stereocenters. The number of nitrogens with two attached hydrogens (primary N) is 2. The largest absolute Gasteiger partial charge is 0.460 e. The summed E-state index contributed by atoms with van der Waals surface area (Å²) in [6, 6.07) is 1.06. The van der Waals surface area contributed by atoms with E-state index in [1.54, 1.807) is 18.0 Å². The van der Waals surface area contributed by atoms with E-state index < -0.39 is 60.3 Å². The monoisotopic (exact) mass is 757 g/mol. The van der Waals surface area contributed by atoms with Crippen LogP contribution in [0, 0.1) is 0 Å². The number of imidazole rings is 2. The van der Waals surface area contributed by atoms with E-state index in [1.807, 2.05) is 0 Å². The molecule has 288 valence electrons. The topological polar surface area (TPSA) is 321 Å². The van der Waals surface area contributed by atoms with E-state index in [0.29, 0.717) is 18.7 Å². The van der Waals surface area contributed by atoms with Crippen LogP contribution in [0.1, 0.15) is 31.5 Å². The lowest BCUT2D eigenvalue weighted by Gasteiger charge is -2.17. The molecule has 0 aromatic carbocycles. The Labute approximate surface area is 302 Å². The average Bonchev–Trinajstić information content (AvgIpc) is 3.98. The van der Waals surface area contributed by atoms with Gasteiger partial charge >= 0.3 is 22.9 Å². The maximum absolute atomic E-state index is 13.2. The number of rotatable bonds is 11. The highest BCUT2D eigenvalue weighted by Gasteiger charge is 2.46. The maximum atomic E-state index is 13.2. The number of aromatic amines is 1. The quantitative estimate of drug-likeness (QED) is 0.0626. The first kappa shape index (κ1) is 35.7. The molecule has 8 rings (SSSR count). The Morgan fingerprint density at radius 2 is 1.65 bits per heavy atom. The van der Waals surface area contributed by atoms with Crippen molar-refractivity contribution in [2.45, 2.75) is 74.3 Å². The zero-order valence-electron chi connectivity index (χ0n) is 28.4. The molecule has 5 aromatic heterocycles. The number of fused-ring (bicyclic) bond motifs is 2. The molecule has 0 amide bonds. The van der Waals surface area contributed by atoms with Gasteiger partial charge in [-0.1, -0.05) is 4.98 Å². The summed E-state index contributed by atoms with van der Waals surface area (Å²) in [5.41, 5.74) is 11.1. The number of nitrogen functional groups attached to an aromatic ring is 2. The minimum absolute atomic E-state index is 0.0248. The summed E-state index contributed by atoms with van der Waals surface area (Å²) in [5, 5.41) is 43.1. The molecule has 24 heteroatoms. The van der Waals surface area contributed by atoms with E-state index in [2.05, 4.69) is 29.9 Å². The summed E-state index contributed by atoms with van der Waals surface area (Å²) in [6.45, 7) is -0.282. The molecule has 9 N–H and O–H groups in total. The number of H-pyrrole nitrogens is 1. The number of nitrogens with zero attached hydrogens (tertiary/aromatic N) is 9. The van der Waals surface area contributed by atoms with Crippen LogP contribution in [0.4, 0.5) is 11.6 Å². The lowest BCUT2D eigenvalue weighted by atomic mass is 10.1. The molecule has 3 fully saturated rings. The first-order valence-corrected chi connectivity index (χ1v) is 16.8. The van der Waals surface area contributed by atoms with Crippen LogP contribution in [0.2, 0.25) is 0 Å². The van der Waals surface area contributed by atoms with Gasteiger partial charge in [-0.3, -0.25) is 18.9 Å². The second-order valence-corrected chi connectivity index (χ2v) is 13.0. The van der Waals surface area contributed by atoms with Crippen LogP contribution in [0.15, 0.2) is 40.8 Å². The molecule has 3 aliphatic rings. The van der Waals surface area contributed by atoms with Gasteiger partial charge in [0.25, 0.3) is 0 Å². The molecular weight excluding hydrogens is 720 g/mol. The standard InChI is InChI=1S/C30H36N12O12/c1-49-6-12-2-3-16(52-12)40-9-34-18-24(40)35-11-42(26(18)47)51-8-14-20(44)22(46)28(54-14)41-10-33-17-23(32)37-29(38-25(17)41)50-7-13-19(43)21(45)27(53-13)39-5-4-15(31)36-30(39)48/h4-5,9-14,16,19-22,27-28,43-46H,2-3,6-8H2,1H3,(H4,31,32,36,37,38,48)/p+1. The third-order valence-electron chi connectivity index (χ3n) is 9.52. The fourth-order valence-corrected chi connectivity index (χ4v) is 6.75. The second kappa shape index (κ2) is 14.1. The van der Waals surface area contributed by atoms with Gasteiger partial charge in [-0.25, -0.2) is 14.3 Å². The number of aliphatic hydroxyl groups excluding tert-OH is 4. The van der Waals surface area contributed by atoms with Crippen LogP contribution >= 0.6 is 0 Å². The fraction of sp³-hybridized carbons (Fsp3) is 0.533.